The molecular formula is C22H34O4. The highest BCUT2D eigenvalue weighted by atomic mass is 16.3. The number of phenolic OH excluding ortho intramolecular Hbond substituents is 2. The summed E-state index contributed by atoms with van der Waals surface area (Å²) < 4.78 is 0. The maximum atomic E-state index is 9.98. The van der Waals surface area contributed by atoms with Gasteiger partial charge in [-0.15, -0.1) is 0 Å². The summed E-state index contributed by atoms with van der Waals surface area (Å²) in [5, 5.41) is 37.6. The van der Waals surface area contributed by atoms with Crippen molar-refractivity contribution in [2.24, 2.45) is 0 Å². The number of allylic oxidation sites excluding steroid dienone is 2. The highest BCUT2D eigenvalue weighted by Gasteiger charge is 2.26. The fourth-order valence-corrected chi connectivity index (χ4v) is 3.00. The third-order valence-electron chi connectivity index (χ3n) is 4.43. The minimum absolute atomic E-state index is 0.145. The number of rotatable bonds is 8. The molecule has 0 bridgehead atoms. The third-order valence-corrected chi connectivity index (χ3v) is 4.43. The first-order chi connectivity index (χ1) is 12.4. The van der Waals surface area contributed by atoms with E-state index in [1.807, 2.05) is 0 Å². The van der Waals surface area contributed by atoms with Crippen LogP contribution in [0.3, 0.4) is 0 Å². The molecule has 0 aliphatic heterocycles. The van der Waals surface area contributed by atoms with E-state index >= 15 is 0 Å². The predicted molar refractivity (Wildman–Crippen MR) is 107 cm³/mol. The number of aliphatic hydroxyl groups excluding tert-OH is 1. The molecule has 1 aromatic carbocycles. The van der Waals surface area contributed by atoms with Crippen LogP contribution in [-0.2, 0) is 6.42 Å². The van der Waals surface area contributed by atoms with E-state index in [2.05, 4.69) is 13.8 Å². The second-order valence-corrected chi connectivity index (χ2v) is 7.07. The molecule has 1 unspecified atom stereocenters. The minimum Gasteiger partial charge on any atom is -0.512 e. The third kappa shape index (κ3) is 8.95. The lowest BCUT2D eigenvalue weighted by atomic mass is 9.89. The van der Waals surface area contributed by atoms with E-state index < -0.39 is 5.60 Å². The number of aryl methyl sites for hydroxylation is 1. The van der Waals surface area contributed by atoms with Crippen LogP contribution in [0.1, 0.15) is 70.8 Å². The fraction of sp³-hybridized carbons (Fsp3) is 0.545. The number of hydrogen-bond acceptors (Lipinski definition) is 4. The van der Waals surface area contributed by atoms with Crippen molar-refractivity contribution in [2.45, 2.75) is 77.2 Å². The van der Waals surface area contributed by atoms with E-state index in [-0.39, 0.29) is 17.3 Å². The number of hydrogen-bond donors (Lipinski definition) is 4. The number of phenols is 2. The first kappa shape index (κ1) is 22.1. The Bertz CT molecular complexity index is 572. The van der Waals surface area contributed by atoms with Gasteiger partial charge in [0.05, 0.1) is 11.4 Å². The summed E-state index contributed by atoms with van der Waals surface area (Å²) in [5.74, 6) is 0.569. The van der Waals surface area contributed by atoms with Gasteiger partial charge in [0, 0.05) is 12.5 Å². The first-order valence-electron chi connectivity index (χ1n) is 9.70. The smallest absolute Gasteiger partial charge is 0.119 e. The van der Waals surface area contributed by atoms with Crippen molar-refractivity contribution >= 4 is 0 Å². The summed E-state index contributed by atoms with van der Waals surface area (Å²) >= 11 is 0. The normalized spacial score (nSPS) is 18.8. The molecule has 1 aliphatic carbocycles. The van der Waals surface area contributed by atoms with E-state index in [4.69, 9.17) is 0 Å². The number of unbranched alkanes of at least 4 members (excludes halogenated alkanes) is 4. The second-order valence-electron chi connectivity index (χ2n) is 7.07. The van der Waals surface area contributed by atoms with Crippen molar-refractivity contribution in [2.75, 3.05) is 0 Å². The first-order valence-corrected chi connectivity index (χ1v) is 9.70. The molecule has 4 nitrogen and oxygen atoms in total. The van der Waals surface area contributed by atoms with Crippen molar-refractivity contribution in [3.8, 4) is 11.5 Å². The molecule has 0 saturated carbocycles. The monoisotopic (exact) mass is 362 g/mol. The lowest BCUT2D eigenvalue weighted by Gasteiger charge is -2.26. The number of aliphatic hydroxyl groups is 2. The van der Waals surface area contributed by atoms with Crippen molar-refractivity contribution < 1.29 is 20.4 Å². The van der Waals surface area contributed by atoms with Crippen molar-refractivity contribution in [3.05, 3.63) is 47.7 Å². The quantitative estimate of drug-likeness (QED) is 0.458. The molecule has 4 N–H and O–H groups in total. The van der Waals surface area contributed by atoms with Crippen molar-refractivity contribution in [1.29, 1.82) is 0 Å². The highest BCUT2D eigenvalue weighted by Crippen LogP contribution is 2.27. The molecule has 0 amide bonds. The van der Waals surface area contributed by atoms with Crippen LogP contribution >= 0.6 is 0 Å². The average Bonchev–Trinajstić information content (AvgIpc) is 2.55. The van der Waals surface area contributed by atoms with E-state index in [9.17, 15) is 20.4 Å². The van der Waals surface area contributed by atoms with E-state index in [0.717, 1.165) is 44.1 Å². The molecular weight excluding hydrogens is 328 g/mol. The van der Waals surface area contributed by atoms with Crippen LogP contribution in [0, 0.1) is 0 Å². The lowest BCUT2D eigenvalue weighted by molar-refractivity contribution is 0.0657. The zero-order chi connectivity index (χ0) is 19.4. The molecule has 4 heteroatoms. The fourth-order valence-electron chi connectivity index (χ4n) is 3.00. The van der Waals surface area contributed by atoms with Gasteiger partial charge in [-0.1, -0.05) is 58.1 Å². The lowest BCUT2D eigenvalue weighted by Crippen LogP contribution is -2.27. The Balaban J connectivity index is 0.000000260. The van der Waals surface area contributed by atoms with Crippen molar-refractivity contribution in [1.82, 2.24) is 0 Å². The zero-order valence-corrected chi connectivity index (χ0v) is 16.1. The standard InChI is InChI=1S/C11H18O2.C11H16O2/c1-2-3-4-7-11(13)8-5-6-10(12)9-11;1-2-3-4-5-9-6-10(12)8-11(13)7-9/h5-6,8,12-13H,2-4,7,9H2,1H3;6-8,12-13H,2-5H2,1H3. The van der Waals surface area contributed by atoms with Gasteiger partial charge in [-0.2, -0.15) is 0 Å². The van der Waals surface area contributed by atoms with Gasteiger partial charge in [0.15, 0.2) is 0 Å². The summed E-state index contributed by atoms with van der Waals surface area (Å²) in [7, 11) is 0. The summed E-state index contributed by atoms with van der Waals surface area (Å²) in [6.45, 7) is 4.29. The minimum atomic E-state index is -0.798. The van der Waals surface area contributed by atoms with E-state index in [1.165, 1.54) is 18.9 Å². The van der Waals surface area contributed by atoms with Gasteiger partial charge in [0.1, 0.15) is 11.5 Å². The van der Waals surface area contributed by atoms with E-state index in [1.54, 1.807) is 30.4 Å². The van der Waals surface area contributed by atoms with Crippen LogP contribution in [-0.4, -0.2) is 26.0 Å². The Morgan fingerprint density at radius 2 is 1.50 bits per heavy atom. The Hall–Kier alpha value is -1.94. The zero-order valence-electron chi connectivity index (χ0n) is 16.1. The van der Waals surface area contributed by atoms with Crippen LogP contribution in [0.5, 0.6) is 11.5 Å². The molecule has 146 valence electrons. The summed E-state index contributed by atoms with van der Waals surface area (Å²) in [4.78, 5) is 0. The van der Waals surface area contributed by atoms with Gasteiger partial charge in [-0.25, -0.2) is 0 Å². The molecule has 0 heterocycles. The summed E-state index contributed by atoms with van der Waals surface area (Å²) in [5.41, 5.74) is 0.208. The largest absolute Gasteiger partial charge is 0.512 e. The maximum Gasteiger partial charge on any atom is 0.119 e. The molecule has 1 aromatic rings. The van der Waals surface area contributed by atoms with Crippen LogP contribution in [0.4, 0.5) is 0 Å². The Morgan fingerprint density at radius 1 is 0.885 bits per heavy atom. The molecule has 2 rings (SSSR count). The topological polar surface area (TPSA) is 80.9 Å². The number of benzene rings is 1. The number of aromatic hydroxyl groups is 2. The molecule has 0 spiro atoms. The Labute approximate surface area is 157 Å². The molecule has 0 saturated heterocycles. The Morgan fingerprint density at radius 3 is 2.08 bits per heavy atom. The van der Waals surface area contributed by atoms with Crippen LogP contribution < -0.4 is 0 Å². The van der Waals surface area contributed by atoms with Gasteiger partial charge >= 0.3 is 0 Å². The predicted octanol–water partition coefficient (Wildman–Crippen LogP) is 5.53. The van der Waals surface area contributed by atoms with Crippen molar-refractivity contribution in [3.63, 3.8) is 0 Å². The summed E-state index contributed by atoms with van der Waals surface area (Å²) in [6, 6.07) is 4.76. The molecule has 26 heavy (non-hydrogen) atoms. The highest BCUT2D eigenvalue weighted by molar-refractivity contribution is 5.36. The SMILES string of the molecule is CCCCCC1(O)C=CC=C(O)C1.CCCCCc1cc(O)cc(O)c1. The van der Waals surface area contributed by atoms with Gasteiger partial charge in [0.2, 0.25) is 0 Å². The van der Waals surface area contributed by atoms with Gasteiger partial charge in [-0.05, 0) is 43.0 Å². The van der Waals surface area contributed by atoms with Crippen LogP contribution in [0.25, 0.3) is 0 Å². The maximum absolute atomic E-state index is 9.98. The summed E-state index contributed by atoms with van der Waals surface area (Å²) in [6.07, 6.45) is 14.0. The van der Waals surface area contributed by atoms with Gasteiger partial charge in [-0.3, -0.25) is 0 Å². The molecule has 0 radical (unpaired) electrons. The molecule has 1 atom stereocenters. The Kier molecular flexibility index (Phi) is 9.89. The van der Waals surface area contributed by atoms with Crippen LogP contribution in [0.2, 0.25) is 0 Å². The molecule has 0 fully saturated rings. The van der Waals surface area contributed by atoms with Gasteiger partial charge < -0.3 is 20.4 Å². The molecule has 1 aliphatic rings. The van der Waals surface area contributed by atoms with Gasteiger partial charge in [0.25, 0.3) is 0 Å². The van der Waals surface area contributed by atoms with E-state index in [0.29, 0.717) is 6.42 Å². The molecule has 0 aromatic heterocycles. The average molecular weight is 363 g/mol. The second kappa shape index (κ2) is 11.6. The van der Waals surface area contributed by atoms with Crippen LogP contribution in [0.15, 0.2) is 42.2 Å².